The van der Waals surface area contributed by atoms with Gasteiger partial charge in [0.2, 0.25) is 11.8 Å². The molecule has 0 fully saturated rings. The van der Waals surface area contributed by atoms with Crippen LogP contribution < -0.4 is 10.6 Å². The van der Waals surface area contributed by atoms with Gasteiger partial charge in [-0.15, -0.1) is 0 Å². The Morgan fingerprint density at radius 1 is 1.43 bits per heavy atom. The number of hydrogen-bond acceptors (Lipinski definition) is 7. The van der Waals surface area contributed by atoms with E-state index < -0.39 is 0 Å². The second-order valence-corrected chi connectivity index (χ2v) is 7.04. The van der Waals surface area contributed by atoms with Crippen molar-refractivity contribution in [3.8, 4) is 11.8 Å². The first kappa shape index (κ1) is 22.0. The molecule has 1 aromatic heterocycles. The standard InChI is InChI=1S/C20H28ClN5O2/c1-5-14(12-27)10-13(2)24-19-16(18(21)25-20(22-3)26-19)8-6-15-7-9-17(28-4)23-11-15/h9,11,13-15,27H,5,7,10,12H2,1-4H3,(H2,22,24,25,26)/t13?,14-,15?/m1/s1. The Morgan fingerprint density at radius 3 is 2.79 bits per heavy atom. The molecule has 0 saturated heterocycles. The van der Waals surface area contributed by atoms with E-state index in [2.05, 4.69) is 51.3 Å². The molecule has 1 aromatic rings. The van der Waals surface area contributed by atoms with E-state index in [1.165, 1.54) is 0 Å². The van der Waals surface area contributed by atoms with Crippen LogP contribution in [0.5, 0.6) is 0 Å². The van der Waals surface area contributed by atoms with Gasteiger partial charge in [0.05, 0.1) is 13.0 Å². The number of anilines is 2. The van der Waals surface area contributed by atoms with Crippen molar-refractivity contribution in [1.82, 2.24) is 9.97 Å². The van der Waals surface area contributed by atoms with E-state index in [-0.39, 0.29) is 29.6 Å². The molecule has 2 rings (SSSR count). The third-order valence-electron chi connectivity index (χ3n) is 4.51. The summed E-state index contributed by atoms with van der Waals surface area (Å²) in [5.41, 5.74) is 0.555. The fourth-order valence-electron chi connectivity index (χ4n) is 2.82. The number of aromatic nitrogens is 2. The Bertz CT molecular complexity index is 781. The molecule has 0 spiro atoms. The molecule has 0 aliphatic carbocycles. The van der Waals surface area contributed by atoms with Gasteiger partial charge in [-0.3, -0.25) is 0 Å². The number of nitrogens with one attached hydrogen (secondary N) is 2. The fraction of sp³-hybridized carbons (Fsp3) is 0.550. The Labute approximate surface area is 171 Å². The maximum atomic E-state index is 9.45. The highest BCUT2D eigenvalue weighted by Crippen LogP contribution is 2.24. The van der Waals surface area contributed by atoms with Crippen molar-refractivity contribution in [3.05, 3.63) is 22.7 Å². The van der Waals surface area contributed by atoms with Crippen LogP contribution in [0.2, 0.25) is 5.15 Å². The van der Waals surface area contributed by atoms with Crippen LogP contribution >= 0.6 is 11.6 Å². The Morgan fingerprint density at radius 2 is 2.21 bits per heavy atom. The average Bonchev–Trinajstić information content (AvgIpc) is 2.71. The van der Waals surface area contributed by atoms with E-state index in [9.17, 15) is 5.11 Å². The van der Waals surface area contributed by atoms with Crippen LogP contribution in [-0.2, 0) is 4.74 Å². The van der Waals surface area contributed by atoms with Crippen LogP contribution in [-0.4, -0.2) is 48.1 Å². The minimum atomic E-state index is -0.0249. The quantitative estimate of drug-likeness (QED) is 0.454. The predicted octanol–water partition coefficient (Wildman–Crippen LogP) is 3.31. The largest absolute Gasteiger partial charge is 0.481 e. The highest BCUT2D eigenvalue weighted by molar-refractivity contribution is 6.31. The average molecular weight is 406 g/mol. The van der Waals surface area contributed by atoms with Gasteiger partial charge in [-0.2, -0.15) is 9.97 Å². The lowest BCUT2D eigenvalue weighted by Crippen LogP contribution is -2.22. The SMILES string of the molecule is CC[C@@H](CO)CC(C)Nc1nc(NC)nc(Cl)c1C#CC1C=NC(OC)=CC1. The van der Waals surface area contributed by atoms with Crippen LogP contribution in [0.15, 0.2) is 17.0 Å². The molecule has 7 nitrogen and oxygen atoms in total. The number of aliphatic hydroxyl groups is 1. The van der Waals surface area contributed by atoms with E-state index in [0.29, 0.717) is 23.2 Å². The molecule has 0 aromatic carbocycles. The van der Waals surface area contributed by atoms with Crippen molar-refractivity contribution in [2.24, 2.45) is 16.8 Å². The zero-order valence-corrected chi connectivity index (χ0v) is 17.5. The molecule has 1 aliphatic heterocycles. The van der Waals surface area contributed by atoms with E-state index >= 15 is 0 Å². The van der Waals surface area contributed by atoms with Crippen molar-refractivity contribution < 1.29 is 9.84 Å². The van der Waals surface area contributed by atoms with Gasteiger partial charge >= 0.3 is 0 Å². The number of allylic oxidation sites excluding steroid dienone is 1. The first-order chi connectivity index (χ1) is 13.5. The van der Waals surface area contributed by atoms with E-state index in [4.69, 9.17) is 16.3 Å². The van der Waals surface area contributed by atoms with Crippen molar-refractivity contribution in [1.29, 1.82) is 0 Å². The van der Waals surface area contributed by atoms with Gasteiger partial charge in [0.25, 0.3) is 0 Å². The van der Waals surface area contributed by atoms with Crippen LogP contribution in [0.4, 0.5) is 11.8 Å². The summed E-state index contributed by atoms with van der Waals surface area (Å²) >= 11 is 6.38. The lowest BCUT2D eigenvalue weighted by atomic mass is 9.99. The molecular formula is C20H28ClN5O2. The molecule has 8 heteroatoms. The summed E-state index contributed by atoms with van der Waals surface area (Å²) in [6.07, 6.45) is 6.13. The molecule has 0 amide bonds. The minimum absolute atomic E-state index is 0.0249. The van der Waals surface area contributed by atoms with Gasteiger partial charge in [-0.05, 0) is 31.8 Å². The summed E-state index contributed by atoms with van der Waals surface area (Å²) in [6.45, 7) is 4.29. The molecule has 152 valence electrons. The number of methoxy groups -OCH3 is 1. The van der Waals surface area contributed by atoms with Crippen LogP contribution in [0.25, 0.3) is 0 Å². The van der Waals surface area contributed by atoms with Crippen molar-refractivity contribution >= 4 is 29.6 Å². The number of hydrogen-bond donors (Lipinski definition) is 3. The van der Waals surface area contributed by atoms with Crippen molar-refractivity contribution in [3.63, 3.8) is 0 Å². The number of halogens is 1. The third-order valence-corrected chi connectivity index (χ3v) is 4.79. The summed E-state index contributed by atoms with van der Waals surface area (Å²) in [7, 11) is 3.33. The van der Waals surface area contributed by atoms with E-state index in [1.807, 2.05) is 6.08 Å². The number of aliphatic hydroxyl groups excluding tert-OH is 1. The Kier molecular flexibility index (Phi) is 8.55. The number of rotatable bonds is 8. The molecular weight excluding hydrogens is 378 g/mol. The number of aliphatic imine (C=N–C) groups is 1. The number of nitrogens with zero attached hydrogens (tertiary/aromatic N) is 3. The molecule has 0 bridgehead atoms. The molecule has 2 unspecified atom stereocenters. The molecule has 28 heavy (non-hydrogen) atoms. The lowest BCUT2D eigenvalue weighted by molar-refractivity contribution is 0.211. The monoisotopic (exact) mass is 405 g/mol. The van der Waals surface area contributed by atoms with Gasteiger partial charge in [0.15, 0.2) is 5.15 Å². The molecule has 2 heterocycles. The fourth-order valence-corrected chi connectivity index (χ4v) is 3.04. The first-order valence-electron chi connectivity index (χ1n) is 9.43. The Balaban J connectivity index is 2.23. The second-order valence-electron chi connectivity index (χ2n) is 6.69. The molecule has 0 saturated carbocycles. The molecule has 3 atom stereocenters. The van der Waals surface area contributed by atoms with Crippen molar-refractivity contribution in [2.75, 3.05) is 31.4 Å². The van der Waals surface area contributed by atoms with Gasteiger partial charge in [0.1, 0.15) is 11.4 Å². The normalized spacial score (nSPS) is 17.8. The van der Waals surface area contributed by atoms with Crippen LogP contribution in [0, 0.1) is 23.7 Å². The highest BCUT2D eigenvalue weighted by atomic mass is 35.5. The third kappa shape index (κ3) is 6.11. The zero-order chi connectivity index (χ0) is 20.5. The van der Waals surface area contributed by atoms with Gasteiger partial charge in [0, 0.05) is 25.9 Å². The Hall–Kier alpha value is -2.30. The minimum Gasteiger partial charge on any atom is -0.481 e. The summed E-state index contributed by atoms with van der Waals surface area (Å²) in [6, 6.07) is 0.0942. The highest BCUT2D eigenvalue weighted by Gasteiger charge is 2.16. The summed E-state index contributed by atoms with van der Waals surface area (Å²) < 4.78 is 5.10. The van der Waals surface area contributed by atoms with Gasteiger partial charge in [-0.1, -0.05) is 36.8 Å². The molecule has 3 N–H and O–H groups in total. The lowest BCUT2D eigenvalue weighted by Gasteiger charge is -2.20. The van der Waals surface area contributed by atoms with E-state index in [1.54, 1.807) is 20.4 Å². The topological polar surface area (TPSA) is 91.7 Å². The van der Waals surface area contributed by atoms with Crippen LogP contribution in [0.3, 0.4) is 0 Å². The second kappa shape index (κ2) is 10.9. The van der Waals surface area contributed by atoms with Gasteiger partial charge < -0.3 is 20.5 Å². The molecule has 1 aliphatic rings. The maximum Gasteiger partial charge on any atom is 0.225 e. The first-order valence-corrected chi connectivity index (χ1v) is 9.81. The maximum absolute atomic E-state index is 9.45. The smallest absolute Gasteiger partial charge is 0.225 e. The summed E-state index contributed by atoms with van der Waals surface area (Å²) in [4.78, 5) is 12.9. The summed E-state index contributed by atoms with van der Waals surface area (Å²) in [5, 5.41) is 16.0. The molecule has 0 radical (unpaired) electrons. The summed E-state index contributed by atoms with van der Waals surface area (Å²) in [5.74, 6) is 8.10. The van der Waals surface area contributed by atoms with Crippen LogP contribution in [0.1, 0.15) is 38.7 Å². The predicted molar refractivity (Wildman–Crippen MR) is 114 cm³/mol. The van der Waals surface area contributed by atoms with Gasteiger partial charge in [-0.25, -0.2) is 4.99 Å². The number of ether oxygens (including phenoxy) is 1. The van der Waals surface area contributed by atoms with Crippen molar-refractivity contribution in [2.45, 2.75) is 39.2 Å². The van der Waals surface area contributed by atoms with E-state index in [0.717, 1.165) is 19.3 Å². The zero-order valence-electron chi connectivity index (χ0n) is 16.8.